The molecule has 1 aliphatic rings. The zero-order chi connectivity index (χ0) is 12.6. The van der Waals surface area contributed by atoms with E-state index >= 15 is 0 Å². The fourth-order valence-corrected chi connectivity index (χ4v) is 1.84. The molecule has 2 heterocycles. The zero-order valence-electron chi connectivity index (χ0n) is 9.83. The summed E-state index contributed by atoms with van der Waals surface area (Å²) in [6.45, 7) is 4.86. The number of nitro groups is 1. The lowest BCUT2D eigenvalue weighted by molar-refractivity contribution is -0.384. The average molecular weight is 237 g/mol. The van der Waals surface area contributed by atoms with Crippen molar-refractivity contribution in [1.82, 2.24) is 4.98 Å². The summed E-state index contributed by atoms with van der Waals surface area (Å²) in [6.07, 6.45) is 1.42. The molecule has 92 valence electrons. The van der Waals surface area contributed by atoms with Gasteiger partial charge < -0.3 is 10.0 Å². The number of hydrogen-bond donors (Lipinski definition) is 1. The van der Waals surface area contributed by atoms with Gasteiger partial charge in [-0.05, 0) is 5.92 Å². The van der Waals surface area contributed by atoms with Gasteiger partial charge in [0.05, 0.1) is 24.1 Å². The first-order chi connectivity index (χ1) is 7.92. The van der Waals surface area contributed by atoms with Crippen LogP contribution in [0.4, 0.5) is 11.5 Å². The van der Waals surface area contributed by atoms with Gasteiger partial charge in [-0.15, -0.1) is 0 Å². The third-order valence-electron chi connectivity index (χ3n) is 3.27. The van der Waals surface area contributed by atoms with Crippen LogP contribution in [0, 0.1) is 16.0 Å². The molecule has 0 radical (unpaired) electrons. The van der Waals surface area contributed by atoms with Crippen LogP contribution in [0.15, 0.2) is 18.3 Å². The van der Waals surface area contributed by atoms with Crippen molar-refractivity contribution in [3.63, 3.8) is 0 Å². The Hall–Kier alpha value is -1.69. The third kappa shape index (κ3) is 2.08. The minimum Gasteiger partial charge on any atom is -0.386 e. The van der Waals surface area contributed by atoms with Gasteiger partial charge >= 0.3 is 0 Å². The molecular weight excluding hydrogens is 222 g/mol. The lowest BCUT2D eigenvalue weighted by Crippen LogP contribution is -2.65. The maximum absolute atomic E-state index is 10.6. The molecule has 2 rings (SSSR count). The number of aromatic nitrogens is 1. The van der Waals surface area contributed by atoms with Crippen LogP contribution in [0.2, 0.25) is 0 Å². The maximum atomic E-state index is 10.6. The number of pyridine rings is 1. The van der Waals surface area contributed by atoms with E-state index < -0.39 is 10.5 Å². The molecule has 1 saturated heterocycles. The van der Waals surface area contributed by atoms with Crippen molar-refractivity contribution in [3.8, 4) is 0 Å². The van der Waals surface area contributed by atoms with Crippen molar-refractivity contribution >= 4 is 11.5 Å². The summed E-state index contributed by atoms with van der Waals surface area (Å²) in [5, 5.41) is 20.7. The van der Waals surface area contributed by atoms with Gasteiger partial charge in [-0.3, -0.25) is 10.1 Å². The lowest BCUT2D eigenvalue weighted by atomic mass is 9.83. The molecule has 6 heteroatoms. The second-order valence-corrected chi connectivity index (χ2v) is 4.74. The lowest BCUT2D eigenvalue weighted by Gasteiger charge is -2.49. The van der Waals surface area contributed by atoms with Gasteiger partial charge in [0.2, 0.25) is 0 Å². The van der Waals surface area contributed by atoms with Crippen LogP contribution in [-0.4, -0.2) is 33.7 Å². The molecule has 0 spiro atoms. The Morgan fingerprint density at radius 2 is 2.24 bits per heavy atom. The first-order valence-corrected chi connectivity index (χ1v) is 5.50. The van der Waals surface area contributed by atoms with E-state index in [1.54, 1.807) is 0 Å². The third-order valence-corrected chi connectivity index (χ3v) is 3.27. The van der Waals surface area contributed by atoms with Crippen molar-refractivity contribution in [2.75, 3.05) is 18.0 Å². The summed E-state index contributed by atoms with van der Waals surface area (Å²) < 4.78 is 0. The Balaban J connectivity index is 2.11. The summed E-state index contributed by atoms with van der Waals surface area (Å²) in [5.41, 5.74) is -0.679. The molecule has 0 saturated carbocycles. The normalized spacial score (nSPS) is 18.0. The van der Waals surface area contributed by atoms with E-state index in [4.69, 9.17) is 0 Å². The SMILES string of the molecule is CC(C)C1(O)CN(c2cc([N+](=O)[O-])ccn2)C1. The highest BCUT2D eigenvalue weighted by molar-refractivity contribution is 5.50. The minimum absolute atomic E-state index is 0.0231. The molecular formula is C11H15N3O3. The molecule has 0 bridgehead atoms. The summed E-state index contributed by atoms with van der Waals surface area (Å²) in [5.74, 6) is 0.710. The van der Waals surface area contributed by atoms with Crippen molar-refractivity contribution in [1.29, 1.82) is 0 Å². The summed E-state index contributed by atoms with van der Waals surface area (Å²) in [6, 6.07) is 2.79. The van der Waals surface area contributed by atoms with Gasteiger partial charge in [-0.2, -0.15) is 0 Å². The Bertz CT molecular complexity index is 441. The van der Waals surface area contributed by atoms with E-state index in [2.05, 4.69) is 4.98 Å². The van der Waals surface area contributed by atoms with Gasteiger partial charge in [-0.25, -0.2) is 4.98 Å². The molecule has 1 aromatic rings. The fraction of sp³-hybridized carbons (Fsp3) is 0.545. The molecule has 1 aliphatic heterocycles. The number of aliphatic hydroxyl groups is 1. The molecule has 6 nitrogen and oxygen atoms in total. The van der Waals surface area contributed by atoms with Crippen molar-refractivity contribution in [2.24, 2.45) is 5.92 Å². The standard InChI is InChI=1S/C11H15N3O3/c1-8(2)11(15)6-13(7-11)10-5-9(14(16)17)3-4-12-10/h3-5,8,15H,6-7H2,1-2H3. The quantitative estimate of drug-likeness (QED) is 0.631. The van der Waals surface area contributed by atoms with E-state index in [-0.39, 0.29) is 11.6 Å². The number of nitrogens with zero attached hydrogens (tertiary/aromatic N) is 3. The van der Waals surface area contributed by atoms with Crippen LogP contribution in [0.1, 0.15) is 13.8 Å². The second-order valence-electron chi connectivity index (χ2n) is 4.74. The van der Waals surface area contributed by atoms with E-state index in [1.165, 1.54) is 18.3 Å². The highest BCUT2D eigenvalue weighted by Crippen LogP contribution is 2.32. The van der Waals surface area contributed by atoms with Crippen molar-refractivity contribution in [2.45, 2.75) is 19.4 Å². The van der Waals surface area contributed by atoms with E-state index in [1.807, 2.05) is 18.7 Å². The fourth-order valence-electron chi connectivity index (χ4n) is 1.84. The first-order valence-electron chi connectivity index (χ1n) is 5.50. The monoisotopic (exact) mass is 237 g/mol. The summed E-state index contributed by atoms with van der Waals surface area (Å²) in [7, 11) is 0. The van der Waals surface area contributed by atoms with Crippen LogP contribution in [0.25, 0.3) is 0 Å². The smallest absolute Gasteiger partial charge is 0.274 e. The van der Waals surface area contributed by atoms with Crippen molar-refractivity contribution < 1.29 is 10.0 Å². The maximum Gasteiger partial charge on any atom is 0.274 e. The highest BCUT2D eigenvalue weighted by Gasteiger charge is 2.44. The molecule has 1 fully saturated rings. The Morgan fingerprint density at radius 3 is 2.76 bits per heavy atom. The summed E-state index contributed by atoms with van der Waals surface area (Å²) >= 11 is 0. The number of hydrogen-bond acceptors (Lipinski definition) is 5. The van der Waals surface area contributed by atoms with Crippen molar-refractivity contribution in [3.05, 3.63) is 28.4 Å². The highest BCUT2D eigenvalue weighted by atomic mass is 16.6. The average Bonchev–Trinajstić information content (AvgIpc) is 2.24. The topological polar surface area (TPSA) is 79.5 Å². The van der Waals surface area contributed by atoms with Gasteiger partial charge in [0.25, 0.3) is 5.69 Å². The Kier molecular flexibility index (Phi) is 2.74. The van der Waals surface area contributed by atoms with Gasteiger partial charge in [0.15, 0.2) is 0 Å². The summed E-state index contributed by atoms with van der Waals surface area (Å²) in [4.78, 5) is 16.1. The molecule has 0 aliphatic carbocycles. The molecule has 0 aromatic carbocycles. The number of rotatable bonds is 3. The number of β-amino-alcohol motifs (C(OH)–C–C–N with tert-alkyl or cyclic N) is 1. The van der Waals surface area contributed by atoms with Crippen LogP contribution in [0.5, 0.6) is 0 Å². The molecule has 1 aromatic heterocycles. The molecule has 0 amide bonds. The molecule has 1 N–H and O–H groups in total. The second kappa shape index (κ2) is 3.96. The van der Waals surface area contributed by atoms with E-state index in [0.717, 1.165) is 0 Å². The van der Waals surface area contributed by atoms with Crippen LogP contribution >= 0.6 is 0 Å². The van der Waals surface area contributed by atoms with Gasteiger partial charge in [0.1, 0.15) is 11.4 Å². The Labute approximate surface area is 99.0 Å². The first kappa shape index (κ1) is 11.8. The van der Waals surface area contributed by atoms with Crippen LogP contribution in [0.3, 0.4) is 0 Å². The largest absolute Gasteiger partial charge is 0.386 e. The molecule has 0 unspecified atom stereocenters. The van der Waals surface area contributed by atoms with Gasteiger partial charge in [0, 0.05) is 12.3 Å². The van der Waals surface area contributed by atoms with Gasteiger partial charge in [-0.1, -0.05) is 13.8 Å². The zero-order valence-corrected chi connectivity index (χ0v) is 9.83. The molecule has 0 atom stereocenters. The predicted molar refractivity (Wildman–Crippen MR) is 62.9 cm³/mol. The van der Waals surface area contributed by atoms with Crippen LogP contribution < -0.4 is 4.90 Å². The minimum atomic E-state index is -0.702. The van der Waals surface area contributed by atoms with Crippen LogP contribution in [-0.2, 0) is 0 Å². The predicted octanol–water partition coefficient (Wildman–Crippen LogP) is 1.20. The Morgan fingerprint density at radius 1 is 1.59 bits per heavy atom. The van der Waals surface area contributed by atoms with E-state index in [9.17, 15) is 15.2 Å². The van der Waals surface area contributed by atoms with E-state index in [0.29, 0.717) is 18.9 Å². The molecule has 17 heavy (non-hydrogen) atoms. The number of anilines is 1.